The number of rotatable bonds is 3. The minimum atomic E-state index is -0.446. The molecule has 0 aromatic heterocycles. The van der Waals surface area contributed by atoms with E-state index in [-0.39, 0.29) is 0 Å². The van der Waals surface area contributed by atoms with Crippen molar-refractivity contribution < 1.29 is 9.53 Å². The Balaban J connectivity index is 1.86. The fourth-order valence-corrected chi connectivity index (χ4v) is 3.34. The maximum absolute atomic E-state index is 11.6. The second kappa shape index (κ2) is 5.82. The fourth-order valence-electron chi connectivity index (χ4n) is 3.34. The second-order valence-electron chi connectivity index (χ2n) is 5.79. The van der Waals surface area contributed by atoms with Gasteiger partial charge in [0.2, 0.25) is 0 Å². The highest BCUT2D eigenvalue weighted by molar-refractivity contribution is 5.89. The number of esters is 1. The largest absolute Gasteiger partial charge is 0.423 e. The van der Waals surface area contributed by atoms with Crippen molar-refractivity contribution in [2.75, 3.05) is 0 Å². The normalized spacial score (nSPS) is 11.5. The maximum Gasteiger partial charge on any atom is 0.335 e. The summed E-state index contributed by atoms with van der Waals surface area (Å²) < 4.78 is 5.43. The number of para-hydroxylation sites is 1. The van der Waals surface area contributed by atoms with Crippen molar-refractivity contribution in [3.05, 3.63) is 90.5 Å². The molecule has 0 amide bonds. The molecule has 2 nitrogen and oxygen atoms in total. The summed E-state index contributed by atoms with van der Waals surface area (Å²) in [6.07, 6.45) is 2.08. The zero-order chi connectivity index (χ0) is 16.5. The summed E-state index contributed by atoms with van der Waals surface area (Å²) in [6.45, 7) is 3.47. The van der Waals surface area contributed by atoms with Crippen molar-refractivity contribution in [3.8, 4) is 28.0 Å². The molecule has 0 atom stereocenters. The predicted molar refractivity (Wildman–Crippen MR) is 96.0 cm³/mol. The zero-order valence-electron chi connectivity index (χ0n) is 13.2. The highest BCUT2D eigenvalue weighted by Gasteiger charge is 2.22. The summed E-state index contributed by atoms with van der Waals surface area (Å²) in [6, 6.07) is 22.4. The lowest BCUT2D eigenvalue weighted by molar-refractivity contribution is -0.128. The Morgan fingerprint density at radius 2 is 1.46 bits per heavy atom. The van der Waals surface area contributed by atoms with Gasteiger partial charge < -0.3 is 4.74 Å². The van der Waals surface area contributed by atoms with Crippen molar-refractivity contribution in [2.45, 2.75) is 6.42 Å². The van der Waals surface area contributed by atoms with E-state index in [0.717, 1.165) is 17.5 Å². The van der Waals surface area contributed by atoms with E-state index in [9.17, 15) is 4.79 Å². The lowest BCUT2D eigenvalue weighted by Crippen LogP contribution is -2.04. The summed E-state index contributed by atoms with van der Waals surface area (Å²) in [5, 5.41) is 0. The van der Waals surface area contributed by atoms with Gasteiger partial charge in [-0.2, -0.15) is 0 Å². The van der Waals surface area contributed by atoms with Gasteiger partial charge in [0, 0.05) is 11.6 Å². The van der Waals surface area contributed by atoms with Crippen LogP contribution in [0.5, 0.6) is 5.75 Å². The van der Waals surface area contributed by atoms with Crippen LogP contribution in [0.15, 0.2) is 79.4 Å². The SMILES string of the molecule is C=CC(=O)Oc1ccccc1-c1cccc2c1Cc1ccccc1-2. The van der Waals surface area contributed by atoms with E-state index in [2.05, 4.69) is 49.0 Å². The van der Waals surface area contributed by atoms with Gasteiger partial charge in [-0.15, -0.1) is 0 Å². The van der Waals surface area contributed by atoms with Crippen LogP contribution in [0.2, 0.25) is 0 Å². The molecule has 1 aliphatic rings. The number of carbonyl (C=O) groups is 1. The van der Waals surface area contributed by atoms with Gasteiger partial charge in [-0.05, 0) is 40.3 Å². The van der Waals surface area contributed by atoms with Gasteiger partial charge in [0.1, 0.15) is 5.75 Å². The van der Waals surface area contributed by atoms with Crippen LogP contribution in [-0.4, -0.2) is 5.97 Å². The monoisotopic (exact) mass is 312 g/mol. The first kappa shape index (κ1) is 14.5. The summed E-state index contributed by atoms with van der Waals surface area (Å²) in [5.74, 6) is 0.116. The predicted octanol–water partition coefficient (Wildman–Crippen LogP) is 5.02. The van der Waals surface area contributed by atoms with Gasteiger partial charge in [0.25, 0.3) is 0 Å². The van der Waals surface area contributed by atoms with Crippen molar-refractivity contribution in [1.29, 1.82) is 0 Å². The summed E-state index contributed by atoms with van der Waals surface area (Å²) in [4.78, 5) is 11.6. The molecule has 4 rings (SSSR count). The third kappa shape index (κ3) is 2.33. The van der Waals surface area contributed by atoms with Crippen LogP contribution < -0.4 is 4.74 Å². The van der Waals surface area contributed by atoms with E-state index >= 15 is 0 Å². The number of fused-ring (bicyclic) bond motifs is 3. The van der Waals surface area contributed by atoms with Crippen LogP contribution >= 0.6 is 0 Å². The molecule has 0 aliphatic heterocycles. The highest BCUT2D eigenvalue weighted by atomic mass is 16.5. The first-order valence-electron chi connectivity index (χ1n) is 7.92. The van der Waals surface area contributed by atoms with Crippen molar-refractivity contribution in [3.63, 3.8) is 0 Å². The molecule has 0 radical (unpaired) electrons. The van der Waals surface area contributed by atoms with Crippen molar-refractivity contribution in [1.82, 2.24) is 0 Å². The molecule has 116 valence electrons. The van der Waals surface area contributed by atoms with Crippen LogP contribution in [0, 0.1) is 0 Å². The highest BCUT2D eigenvalue weighted by Crippen LogP contribution is 2.43. The van der Waals surface area contributed by atoms with Crippen molar-refractivity contribution >= 4 is 5.97 Å². The molecule has 0 fully saturated rings. The quantitative estimate of drug-likeness (QED) is 0.302. The van der Waals surface area contributed by atoms with Crippen LogP contribution in [0.1, 0.15) is 11.1 Å². The molecular formula is C22H16O2. The molecule has 0 saturated carbocycles. The average Bonchev–Trinajstić information content (AvgIpc) is 3.01. The van der Waals surface area contributed by atoms with Crippen LogP contribution in [0.3, 0.4) is 0 Å². The van der Waals surface area contributed by atoms with Gasteiger partial charge in [-0.1, -0.05) is 67.2 Å². The number of benzene rings is 3. The molecule has 3 aromatic rings. The third-order valence-electron chi connectivity index (χ3n) is 4.41. The molecule has 24 heavy (non-hydrogen) atoms. The van der Waals surface area contributed by atoms with Crippen LogP contribution in [0.4, 0.5) is 0 Å². The van der Waals surface area contributed by atoms with Crippen LogP contribution in [0.25, 0.3) is 22.3 Å². The summed E-state index contributed by atoms with van der Waals surface area (Å²) >= 11 is 0. The standard InChI is InChI=1S/C22H16O2/c1-2-22(23)24-21-13-6-5-10-19(21)18-12-7-11-17-16-9-4-3-8-15(16)14-20(17)18/h2-13H,1,14H2. The Morgan fingerprint density at radius 3 is 2.25 bits per heavy atom. The summed E-state index contributed by atoms with van der Waals surface area (Å²) in [7, 11) is 0. The van der Waals surface area contributed by atoms with E-state index in [1.165, 1.54) is 28.3 Å². The topological polar surface area (TPSA) is 26.3 Å². The molecule has 2 heteroatoms. The van der Waals surface area contributed by atoms with E-state index in [1.54, 1.807) is 0 Å². The Kier molecular flexibility index (Phi) is 3.51. The molecule has 3 aromatic carbocycles. The number of hydrogen-bond donors (Lipinski definition) is 0. The first-order valence-corrected chi connectivity index (χ1v) is 7.92. The molecule has 0 spiro atoms. The smallest absolute Gasteiger partial charge is 0.335 e. The second-order valence-corrected chi connectivity index (χ2v) is 5.79. The first-order chi connectivity index (χ1) is 11.8. The van der Waals surface area contributed by atoms with E-state index in [4.69, 9.17) is 4.74 Å². The van der Waals surface area contributed by atoms with Crippen molar-refractivity contribution in [2.24, 2.45) is 0 Å². The number of ether oxygens (including phenoxy) is 1. The summed E-state index contributed by atoms with van der Waals surface area (Å²) in [5.41, 5.74) is 7.19. The molecule has 0 N–H and O–H groups in total. The number of carbonyl (C=O) groups excluding carboxylic acids is 1. The zero-order valence-corrected chi connectivity index (χ0v) is 13.2. The number of hydrogen-bond acceptors (Lipinski definition) is 2. The lowest BCUT2D eigenvalue weighted by atomic mass is 9.95. The van der Waals surface area contributed by atoms with Gasteiger partial charge in [0.15, 0.2) is 0 Å². The fraction of sp³-hybridized carbons (Fsp3) is 0.0455. The van der Waals surface area contributed by atoms with Gasteiger partial charge >= 0.3 is 5.97 Å². The average molecular weight is 312 g/mol. The minimum absolute atomic E-state index is 0.446. The molecular weight excluding hydrogens is 296 g/mol. The van der Waals surface area contributed by atoms with E-state index in [1.807, 2.05) is 24.3 Å². The maximum atomic E-state index is 11.6. The third-order valence-corrected chi connectivity index (χ3v) is 4.41. The molecule has 0 unspecified atom stereocenters. The molecule has 1 aliphatic carbocycles. The lowest BCUT2D eigenvalue weighted by Gasteiger charge is -2.13. The minimum Gasteiger partial charge on any atom is -0.423 e. The molecule has 0 bridgehead atoms. The van der Waals surface area contributed by atoms with E-state index < -0.39 is 5.97 Å². The molecule has 0 heterocycles. The van der Waals surface area contributed by atoms with Gasteiger partial charge in [-0.25, -0.2) is 4.79 Å². The Labute approximate surface area is 141 Å². The van der Waals surface area contributed by atoms with Gasteiger partial charge in [-0.3, -0.25) is 0 Å². The van der Waals surface area contributed by atoms with Gasteiger partial charge in [0.05, 0.1) is 0 Å². The Hall–Kier alpha value is -3.13. The van der Waals surface area contributed by atoms with Crippen LogP contribution in [-0.2, 0) is 11.2 Å². The van der Waals surface area contributed by atoms with E-state index in [0.29, 0.717) is 5.75 Å². The Morgan fingerprint density at radius 1 is 0.833 bits per heavy atom. The Bertz CT molecular complexity index is 954. The molecule has 0 saturated heterocycles.